The number of rotatable bonds is 10. The van der Waals surface area contributed by atoms with Crippen LogP contribution >= 0.6 is 0 Å². The highest BCUT2D eigenvalue weighted by atomic mass is 32.2. The van der Waals surface area contributed by atoms with Gasteiger partial charge in [0.2, 0.25) is 15.9 Å². The van der Waals surface area contributed by atoms with E-state index in [9.17, 15) is 18.3 Å². The third-order valence-electron chi connectivity index (χ3n) is 5.14. The van der Waals surface area contributed by atoms with Crippen molar-refractivity contribution in [2.24, 2.45) is 0 Å². The van der Waals surface area contributed by atoms with Crippen LogP contribution in [0, 0.1) is 6.92 Å². The number of aliphatic hydroxyl groups is 1. The Hall–Kier alpha value is -2.46. The summed E-state index contributed by atoms with van der Waals surface area (Å²) in [5.41, 5.74) is 1.93. The zero-order valence-corrected chi connectivity index (χ0v) is 19.0. The normalized spacial score (nSPS) is 15.8. The molecule has 1 saturated heterocycles. The second-order valence-corrected chi connectivity index (χ2v) is 9.68. The van der Waals surface area contributed by atoms with E-state index < -0.39 is 16.1 Å². The minimum Gasteiger partial charge on any atom is -0.491 e. The molecule has 32 heavy (non-hydrogen) atoms. The van der Waals surface area contributed by atoms with Gasteiger partial charge in [0.15, 0.2) is 0 Å². The molecule has 1 atom stereocenters. The molecule has 8 nitrogen and oxygen atoms in total. The van der Waals surface area contributed by atoms with Gasteiger partial charge in [0.1, 0.15) is 18.5 Å². The first-order chi connectivity index (χ1) is 15.3. The van der Waals surface area contributed by atoms with Gasteiger partial charge in [0.05, 0.1) is 18.1 Å². The van der Waals surface area contributed by atoms with Crippen LogP contribution in [0.2, 0.25) is 0 Å². The molecule has 1 amide bonds. The summed E-state index contributed by atoms with van der Waals surface area (Å²) in [7, 11) is -3.52. The van der Waals surface area contributed by atoms with E-state index in [1.54, 1.807) is 24.3 Å². The van der Waals surface area contributed by atoms with E-state index in [1.165, 1.54) is 4.31 Å². The fourth-order valence-electron chi connectivity index (χ4n) is 3.30. The molecule has 2 N–H and O–H groups in total. The van der Waals surface area contributed by atoms with Gasteiger partial charge in [-0.1, -0.05) is 24.3 Å². The molecule has 0 spiro atoms. The summed E-state index contributed by atoms with van der Waals surface area (Å²) in [5, 5.41) is 12.7. The third-order valence-corrected chi connectivity index (χ3v) is 7.05. The summed E-state index contributed by atoms with van der Waals surface area (Å²) in [4.78, 5) is 12.3. The van der Waals surface area contributed by atoms with Crippen LogP contribution in [-0.2, 0) is 26.0 Å². The molecular formula is C23H30N2O6S. The van der Waals surface area contributed by atoms with Gasteiger partial charge in [-0.2, -0.15) is 4.31 Å². The number of benzene rings is 2. The Kier molecular flexibility index (Phi) is 8.63. The number of sulfonamides is 1. The van der Waals surface area contributed by atoms with Crippen LogP contribution in [0.3, 0.4) is 0 Å². The second kappa shape index (κ2) is 11.4. The molecule has 0 bridgehead atoms. The van der Waals surface area contributed by atoms with Crippen LogP contribution in [0.15, 0.2) is 53.4 Å². The van der Waals surface area contributed by atoms with Gasteiger partial charge in [0.25, 0.3) is 0 Å². The van der Waals surface area contributed by atoms with Crippen LogP contribution in [0.5, 0.6) is 5.75 Å². The van der Waals surface area contributed by atoms with Crippen LogP contribution < -0.4 is 10.1 Å². The number of aliphatic hydroxyl groups excluding tert-OH is 1. The van der Waals surface area contributed by atoms with Crippen LogP contribution in [-0.4, -0.2) is 69.3 Å². The Morgan fingerprint density at radius 2 is 1.91 bits per heavy atom. The number of nitrogens with one attached hydrogen (secondary N) is 1. The molecule has 1 aliphatic heterocycles. The fourth-order valence-corrected chi connectivity index (χ4v) is 4.71. The molecule has 2 aromatic rings. The van der Waals surface area contributed by atoms with Crippen molar-refractivity contribution in [2.45, 2.75) is 30.8 Å². The van der Waals surface area contributed by atoms with Gasteiger partial charge >= 0.3 is 0 Å². The number of hydrogen-bond donors (Lipinski definition) is 2. The molecule has 0 radical (unpaired) electrons. The zero-order valence-electron chi connectivity index (χ0n) is 18.2. The van der Waals surface area contributed by atoms with Crippen molar-refractivity contribution in [3.8, 4) is 5.75 Å². The first-order valence-corrected chi connectivity index (χ1v) is 12.1. The highest BCUT2D eigenvalue weighted by Gasteiger charge is 2.26. The fraction of sp³-hybridized carbons (Fsp3) is 0.435. The van der Waals surface area contributed by atoms with Crippen molar-refractivity contribution < 1.29 is 27.8 Å². The monoisotopic (exact) mass is 462 g/mol. The highest BCUT2D eigenvalue weighted by molar-refractivity contribution is 7.89. The Morgan fingerprint density at radius 3 is 2.59 bits per heavy atom. The molecule has 2 aromatic carbocycles. The largest absolute Gasteiger partial charge is 0.491 e. The first kappa shape index (κ1) is 24.2. The van der Waals surface area contributed by atoms with E-state index in [2.05, 4.69) is 5.32 Å². The average molecular weight is 463 g/mol. The molecule has 1 heterocycles. The lowest BCUT2D eigenvalue weighted by molar-refractivity contribution is -0.121. The molecule has 9 heteroatoms. The summed E-state index contributed by atoms with van der Waals surface area (Å²) in [5.74, 6) is 0.485. The Balaban J connectivity index is 1.39. The molecule has 1 unspecified atom stereocenters. The summed E-state index contributed by atoms with van der Waals surface area (Å²) < 4.78 is 37.5. The number of aryl methyl sites for hydroxylation is 2. The van der Waals surface area contributed by atoms with Crippen LogP contribution in [0.25, 0.3) is 0 Å². The lowest BCUT2D eigenvalue weighted by Gasteiger charge is -2.26. The van der Waals surface area contributed by atoms with Crippen molar-refractivity contribution >= 4 is 15.9 Å². The quantitative estimate of drug-likeness (QED) is 0.555. The summed E-state index contributed by atoms with van der Waals surface area (Å²) in [6, 6.07) is 14.1. The zero-order chi connectivity index (χ0) is 23.0. The van der Waals surface area contributed by atoms with Crippen LogP contribution in [0.1, 0.15) is 17.5 Å². The van der Waals surface area contributed by atoms with Gasteiger partial charge in [0, 0.05) is 26.1 Å². The van der Waals surface area contributed by atoms with Crippen molar-refractivity contribution in [2.75, 3.05) is 39.5 Å². The third kappa shape index (κ3) is 7.03. The topological polar surface area (TPSA) is 105 Å². The maximum Gasteiger partial charge on any atom is 0.243 e. The Morgan fingerprint density at radius 1 is 1.19 bits per heavy atom. The van der Waals surface area contributed by atoms with Crippen molar-refractivity contribution in [3.63, 3.8) is 0 Å². The average Bonchev–Trinajstić information content (AvgIpc) is 2.81. The summed E-state index contributed by atoms with van der Waals surface area (Å²) in [6.07, 6.45) is -0.107. The van der Waals surface area contributed by atoms with E-state index in [0.717, 1.165) is 11.1 Å². The molecule has 0 aromatic heterocycles. The molecule has 1 aliphatic rings. The SMILES string of the molecule is Cc1cccc(OCC(O)CNC(=O)CCc2ccc(S(=O)(=O)N3CCOCC3)cc2)c1. The van der Waals surface area contributed by atoms with E-state index in [0.29, 0.717) is 38.5 Å². The number of morpholine rings is 1. The lowest BCUT2D eigenvalue weighted by Crippen LogP contribution is -2.40. The van der Waals surface area contributed by atoms with Gasteiger partial charge < -0.3 is 19.9 Å². The van der Waals surface area contributed by atoms with Crippen molar-refractivity contribution in [3.05, 3.63) is 59.7 Å². The number of ether oxygens (including phenoxy) is 2. The molecule has 0 aliphatic carbocycles. The van der Waals surface area contributed by atoms with E-state index >= 15 is 0 Å². The first-order valence-electron chi connectivity index (χ1n) is 10.7. The number of nitrogens with zero attached hydrogens (tertiary/aromatic N) is 1. The predicted molar refractivity (Wildman–Crippen MR) is 120 cm³/mol. The van der Waals surface area contributed by atoms with E-state index in [4.69, 9.17) is 9.47 Å². The minimum absolute atomic E-state index is 0.0861. The summed E-state index contributed by atoms with van der Waals surface area (Å²) >= 11 is 0. The molecular weight excluding hydrogens is 432 g/mol. The van der Waals surface area contributed by atoms with Crippen LogP contribution in [0.4, 0.5) is 0 Å². The van der Waals surface area contributed by atoms with Gasteiger partial charge in [-0.3, -0.25) is 4.79 Å². The van der Waals surface area contributed by atoms with E-state index in [1.807, 2.05) is 31.2 Å². The molecule has 3 rings (SSSR count). The second-order valence-electron chi connectivity index (χ2n) is 7.75. The van der Waals surface area contributed by atoms with Gasteiger partial charge in [-0.05, 0) is 48.7 Å². The minimum atomic E-state index is -3.52. The van der Waals surface area contributed by atoms with Gasteiger partial charge in [-0.25, -0.2) is 8.42 Å². The summed E-state index contributed by atoms with van der Waals surface area (Å²) in [6.45, 7) is 3.65. The Bertz CT molecular complexity index is 988. The molecule has 174 valence electrons. The maximum absolute atomic E-state index is 12.6. The van der Waals surface area contributed by atoms with E-state index in [-0.39, 0.29) is 30.4 Å². The molecule has 0 saturated carbocycles. The predicted octanol–water partition coefficient (Wildman–Crippen LogP) is 1.50. The van der Waals surface area contributed by atoms with Gasteiger partial charge in [-0.15, -0.1) is 0 Å². The lowest BCUT2D eigenvalue weighted by atomic mass is 10.1. The van der Waals surface area contributed by atoms with Crippen molar-refractivity contribution in [1.82, 2.24) is 9.62 Å². The number of hydrogen-bond acceptors (Lipinski definition) is 6. The van der Waals surface area contributed by atoms with Crippen molar-refractivity contribution in [1.29, 1.82) is 0 Å². The number of carbonyl (C=O) groups is 1. The smallest absolute Gasteiger partial charge is 0.243 e. The Labute approximate surface area is 189 Å². The maximum atomic E-state index is 12.6. The number of amides is 1. The molecule has 1 fully saturated rings. The standard InChI is InChI=1S/C23H30N2O6S/c1-18-3-2-4-21(15-18)31-17-20(26)16-24-23(27)10-7-19-5-8-22(9-6-19)32(28,29)25-11-13-30-14-12-25/h2-6,8-9,15,20,26H,7,10-14,16-17H2,1H3,(H,24,27). The highest BCUT2D eigenvalue weighted by Crippen LogP contribution is 2.18. The number of carbonyl (C=O) groups excluding carboxylic acids is 1.